The number of urea groups is 1. The van der Waals surface area contributed by atoms with Crippen molar-refractivity contribution in [3.8, 4) is 0 Å². The van der Waals surface area contributed by atoms with Crippen molar-refractivity contribution < 1.29 is 13.9 Å². The van der Waals surface area contributed by atoms with Crippen molar-refractivity contribution in [1.82, 2.24) is 4.90 Å². The molecule has 0 saturated carbocycles. The number of nitrogens with zero attached hydrogens (tertiary/aromatic N) is 2. The molecule has 0 spiro atoms. The smallest absolute Gasteiger partial charge is 0.346 e. The number of amidine groups is 1. The van der Waals surface area contributed by atoms with Crippen LogP contribution in [0.25, 0.3) is 0 Å². The molecule has 5 nitrogen and oxygen atoms in total. The minimum atomic E-state index is -0.747. The van der Waals surface area contributed by atoms with Crippen molar-refractivity contribution in [2.45, 2.75) is 18.9 Å². The summed E-state index contributed by atoms with van der Waals surface area (Å²) in [6.07, 6.45) is 0.412. The SMILES string of the molecule is COCCN1C(=O)N=C(N)C1(C)Cc1cccc(F)c1. The number of benzene rings is 1. The second kappa shape index (κ2) is 5.58. The summed E-state index contributed by atoms with van der Waals surface area (Å²) in [5.41, 5.74) is 5.92. The predicted molar refractivity (Wildman–Crippen MR) is 74.1 cm³/mol. The predicted octanol–water partition coefficient (Wildman–Crippen LogP) is 1.57. The summed E-state index contributed by atoms with van der Waals surface area (Å²) in [5, 5.41) is 0. The van der Waals surface area contributed by atoms with Crippen LogP contribution in [0.3, 0.4) is 0 Å². The van der Waals surface area contributed by atoms with Gasteiger partial charge in [0, 0.05) is 20.1 Å². The van der Waals surface area contributed by atoms with Gasteiger partial charge in [0.2, 0.25) is 0 Å². The Bertz CT molecular complexity index is 547. The highest BCUT2D eigenvalue weighted by Gasteiger charge is 2.44. The number of nitrogens with two attached hydrogens (primary N) is 1. The molecule has 1 heterocycles. The van der Waals surface area contributed by atoms with Gasteiger partial charge in [0.25, 0.3) is 0 Å². The number of carbonyl (C=O) groups excluding carboxylic acids is 1. The van der Waals surface area contributed by atoms with Crippen LogP contribution in [-0.2, 0) is 11.2 Å². The molecular weight excluding hydrogens is 261 g/mol. The van der Waals surface area contributed by atoms with Gasteiger partial charge in [-0.05, 0) is 24.6 Å². The zero-order valence-corrected chi connectivity index (χ0v) is 11.6. The molecule has 0 aromatic heterocycles. The molecule has 1 unspecified atom stereocenters. The molecule has 0 bridgehead atoms. The lowest BCUT2D eigenvalue weighted by atomic mass is 9.90. The average Bonchev–Trinajstić information content (AvgIpc) is 2.58. The molecule has 1 atom stereocenters. The highest BCUT2D eigenvalue weighted by Crippen LogP contribution is 2.27. The molecule has 0 radical (unpaired) electrons. The molecule has 108 valence electrons. The number of hydrogen-bond donors (Lipinski definition) is 1. The van der Waals surface area contributed by atoms with Crippen LogP contribution >= 0.6 is 0 Å². The normalized spacial score (nSPS) is 22.2. The van der Waals surface area contributed by atoms with Crippen molar-refractivity contribution in [3.05, 3.63) is 35.6 Å². The summed E-state index contributed by atoms with van der Waals surface area (Å²) in [6, 6.07) is 5.89. The van der Waals surface area contributed by atoms with Gasteiger partial charge in [0.1, 0.15) is 17.2 Å². The first kappa shape index (κ1) is 14.5. The first-order valence-corrected chi connectivity index (χ1v) is 6.37. The van der Waals surface area contributed by atoms with E-state index in [1.807, 2.05) is 6.92 Å². The van der Waals surface area contributed by atoms with Gasteiger partial charge in [0.05, 0.1) is 6.61 Å². The van der Waals surface area contributed by atoms with Gasteiger partial charge in [0.15, 0.2) is 0 Å². The Morgan fingerprint density at radius 3 is 2.90 bits per heavy atom. The van der Waals surface area contributed by atoms with Crippen LogP contribution in [-0.4, -0.2) is 42.6 Å². The number of amides is 2. The largest absolute Gasteiger partial charge is 0.385 e. The van der Waals surface area contributed by atoms with Crippen LogP contribution in [0.5, 0.6) is 0 Å². The number of rotatable bonds is 5. The molecule has 1 aliphatic heterocycles. The molecule has 1 aromatic rings. The maximum absolute atomic E-state index is 13.3. The molecule has 0 saturated heterocycles. The van der Waals surface area contributed by atoms with Crippen molar-refractivity contribution in [1.29, 1.82) is 0 Å². The average molecular weight is 279 g/mol. The van der Waals surface area contributed by atoms with Crippen LogP contribution in [0.1, 0.15) is 12.5 Å². The number of ether oxygens (including phenoxy) is 1. The third kappa shape index (κ3) is 2.65. The first-order valence-electron chi connectivity index (χ1n) is 6.37. The fourth-order valence-electron chi connectivity index (χ4n) is 2.39. The van der Waals surface area contributed by atoms with Crippen LogP contribution in [0.4, 0.5) is 9.18 Å². The molecule has 2 N–H and O–H groups in total. The van der Waals surface area contributed by atoms with Crippen LogP contribution in [0.15, 0.2) is 29.3 Å². The maximum atomic E-state index is 13.3. The Labute approximate surface area is 117 Å². The van der Waals surface area contributed by atoms with E-state index in [0.29, 0.717) is 19.6 Å². The molecule has 1 aliphatic rings. The second-order valence-corrected chi connectivity index (χ2v) is 5.00. The van der Waals surface area contributed by atoms with Gasteiger partial charge < -0.3 is 15.4 Å². The maximum Gasteiger partial charge on any atom is 0.346 e. The van der Waals surface area contributed by atoms with Crippen LogP contribution in [0, 0.1) is 5.82 Å². The molecule has 1 aromatic carbocycles. The van der Waals surface area contributed by atoms with E-state index in [4.69, 9.17) is 10.5 Å². The molecule has 0 fully saturated rings. The lowest BCUT2D eigenvalue weighted by Gasteiger charge is -2.34. The molecule has 6 heteroatoms. The Hall–Kier alpha value is -1.95. The number of hydrogen-bond acceptors (Lipinski definition) is 3. The number of carbonyl (C=O) groups is 1. The Morgan fingerprint density at radius 2 is 2.25 bits per heavy atom. The number of methoxy groups -OCH3 is 1. The Balaban J connectivity index is 2.25. The Kier molecular flexibility index (Phi) is 4.04. The molecule has 20 heavy (non-hydrogen) atoms. The standard InChI is InChI=1S/C14H18FN3O2/c1-14(9-10-4-3-5-11(15)8-10)12(16)17-13(19)18(14)6-7-20-2/h3-5,8H,6-7,9H2,1-2H3,(H2,16,17,19). The summed E-state index contributed by atoms with van der Waals surface area (Å²) in [4.78, 5) is 17.3. The van der Waals surface area contributed by atoms with Gasteiger partial charge in [-0.15, -0.1) is 0 Å². The van der Waals surface area contributed by atoms with Crippen LogP contribution in [0.2, 0.25) is 0 Å². The minimum Gasteiger partial charge on any atom is -0.385 e. The molecule has 2 amide bonds. The molecule has 2 rings (SSSR count). The van der Waals surface area contributed by atoms with Crippen molar-refractivity contribution >= 4 is 11.9 Å². The van der Waals surface area contributed by atoms with Gasteiger partial charge in [-0.3, -0.25) is 0 Å². The molecular formula is C14H18FN3O2. The first-order chi connectivity index (χ1) is 9.47. The Morgan fingerprint density at radius 1 is 1.50 bits per heavy atom. The highest BCUT2D eigenvalue weighted by atomic mass is 19.1. The third-order valence-electron chi connectivity index (χ3n) is 3.55. The van der Waals surface area contributed by atoms with Crippen LogP contribution < -0.4 is 5.73 Å². The molecule has 0 aliphatic carbocycles. The number of aliphatic imine (C=N–C) groups is 1. The van der Waals surface area contributed by atoms with E-state index in [-0.39, 0.29) is 17.7 Å². The van der Waals surface area contributed by atoms with Crippen molar-refractivity contribution in [2.24, 2.45) is 10.7 Å². The quantitative estimate of drug-likeness (QED) is 0.889. The highest BCUT2D eigenvalue weighted by molar-refractivity contribution is 6.05. The second-order valence-electron chi connectivity index (χ2n) is 5.00. The van der Waals surface area contributed by atoms with E-state index in [0.717, 1.165) is 5.56 Å². The third-order valence-corrected chi connectivity index (χ3v) is 3.55. The lowest BCUT2D eigenvalue weighted by molar-refractivity contribution is 0.128. The zero-order valence-electron chi connectivity index (χ0n) is 11.6. The zero-order chi connectivity index (χ0) is 14.8. The summed E-state index contributed by atoms with van der Waals surface area (Å²) in [6.45, 7) is 2.62. The van der Waals surface area contributed by atoms with E-state index >= 15 is 0 Å². The van der Waals surface area contributed by atoms with Crippen molar-refractivity contribution in [3.63, 3.8) is 0 Å². The van der Waals surface area contributed by atoms with Gasteiger partial charge in [-0.25, -0.2) is 9.18 Å². The summed E-state index contributed by atoms with van der Waals surface area (Å²) in [7, 11) is 1.56. The van der Waals surface area contributed by atoms with E-state index in [9.17, 15) is 9.18 Å². The van der Waals surface area contributed by atoms with Gasteiger partial charge in [-0.2, -0.15) is 4.99 Å². The monoisotopic (exact) mass is 279 g/mol. The minimum absolute atomic E-state index is 0.253. The summed E-state index contributed by atoms with van der Waals surface area (Å²) in [5.74, 6) is -0.0581. The van der Waals surface area contributed by atoms with Gasteiger partial charge >= 0.3 is 6.03 Å². The van der Waals surface area contributed by atoms with Crippen molar-refractivity contribution in [2.75, 3.05) is 20.3 Å². The van der Waals surface area contributed by atoms with E-state index < -0.39 is 5.54 Å². The number of halogens is 1. The summed E-state index contributed by atoms with van der Waals surface area (Å²) < 4.78 is 18.3. The van der Waals surface area contributed by atoms with E-state index in [2.05, 4.69) is 4.99 Å². The fourth-order valence-corrected chi connectivity index (χ4v) is 2.39. The fraction of sp³-hybridized carbons (Fsp3) is 0.429. The van der Waals surface area contributed by atoms with Gasteiger partial charge in [-0.1, -0.05) is 12.1 Å². The topological polar surface area (TPSA) is 67.9 Å². The lowest BCUT2D eigenvalue weighted by Crippen LogP contribution is -2.54. The van der Waals surface area contributed by atoms with E-state index in [1.165, 1.54) is 12.1 Å². The summed E-state index contributed by atoms with van der Waals surface area (Å²) >= 11 is 0. The van der Waals surface area contributed by atoms with E-state index in [1.54, 1.807) is 24.1 Å².